The Morgan fingerprint density at radius 3 is 2.78 bits per heavy atom. The molecule has 1 aliphatic heterocycles. The molecule has 1 saturated carbocycles. The Hall–Kier alpha value is -1.30. The molecule has 2 fully saturated rings. The fourth-order valence-electron chi connectivity index (χ4n) is 2.71. The summed E-state index contributed by atoms with van der Waals surface area (Å²) in [5.74, 6) is -0.132. The number of nitrogens with one attached hydrogen (secondary N) is 1. The second-order valence-electron chi connectivity index (χ2n) is 5.00. The molecule has 0 aromatic carbocycles. The van der Waals surface area contributed by atoms with E-state index in [0.29, 0.717) is 19.8 Å². The maximum Gasteiger partial charge on any atom is 0.410 e. The highest BCUT2D eigenvalue weighted by atomic mass is 16.6. The lowest BCUT2D eigenvalue weighted by molar-refractivity contribution is -0.124. The van der Waals surface area contributed by atoms with Gasteiger partial charge in [-0.15, -0.1) is 0 Å². The van der Waals surface area contributed by atoms with Gasteiger partial charge in [0.1, 0.15) is 13.2 Å². The lowest BCUT2D eigenvalue weighted by atomic mass is 9.99. The number of carbonyl (C=O) groups is 2. The van der Waals surface area contributed by atoms with Crippen molar-refractivity contribution in [3.05, 3.63) is 0 Å². The monoisotopic (exact) mass is 256 g/mol. The fourth-order valence-corrected chi connectivity index (χ4v) is 2.71. The first-order chi connectivity index (χ1) is 8.65. The zero-order chi connectivity index (χ0) is 13.0. The number of hydrogen-bond acceptors (Lipinski definition) is 4. The van der Waals surface area contributed by atoms with Gasteiger partial charge in [-0.1, -0.05) is 12.8 Å². The van der Waals surface area contributed by atoms with E-state index in [1.54, 1.807) is 7.11 Å². The van der Waals surface area contributed by atoms with Crippen LogP contribution >= 0.6 is 0 Å². The Bertz CT molecular complexity index is 326. The van der Waals surface area contributed by atoms with E-state index in [-0.39, 0.29) is 18.0 Å². The number of cyclic esters (lactones) is 1. The molecule has 0 unspecified atom stereocenters. The van der Waals surface area contributed by atoms with Gasteiger partial charge in [0.05, 0.1) is 18.7 Å². The molecule has 6 nitrogen and oxygen atoms in total. The third-order valence-corrected chi connectivity index (χ3v) is 3.57. The summed E-state index contributed by atoms with van der Waals surface area (Å²) in [5, 5.41) is 3.03. The molecule has 1 saturated heterocycles. The van der Waals surface area contributed by atoms with E-state index in [2.05, 4.69) is 5.32 Å². The highest BCUT2D eigenvalue weighted by molar-refractivity contribution is 5.83. The number of nitrogens with zero attached hydrogens (tertiary/aromatic N) is 1. The molecule has 2 aliphatic rings. The minimum Gasteiger partial charge on any atom is -0.448 e. The van der Waals surface area contributed by atoms with Gasteiger partial charge in [0.25, 0.3) is 0 Å². The number of hydrogen-bond donors (Lipinski definition) is 1. The van der Waals surface area contributed by atoms with E-state index in [0.717, 1.165) is 25.7 Å². The topological polar surface area (TPSA) is 67.9 Å². The first-order valence-electron chi connectivity index (χ1n) is 6.37. The van der Waals surface area contributed by atoms with Crippen molar-refractivity contribution in [2.75, 3.05) is 33.4 Å². The molecule has 0 atom stereocenters. The zero-order valence-corrected chi connectivity index (χ0v) is 10.7. The maximum absolute atomic E-state index is 12.0. The molecule has 0 aromatic rings. The molecule has 0 spiro atoms. The molecule has 1 N–H and O–H groups in total. The van der Waals surface area contributed by atoms with E-state index in [1.807, 2.05) is 0 Å². The van der Waals surface area contributed by atoms with Crippen LogP contribution in [-0.2, 0) is 14.3 Å². The van der Waals surface area contributed by atoms with Gasteiger partial charge in [0.2, 0.25) is 5.91 Å². The summed E-state index contributed by atoms with van der Waals surface area (Å²) in [6.45, 7) is 1.46. The predicted octanol–water partition coefficient (Wildman–Crippen LogP) is 0.514. The highest BCUT2D eigenvalue weighted by Gasteiger charge is 2.36. The Labute approximate surface area is 107 Å². The van der Waals surface area contributed by atoms with Crippen LogP contribution in [-0.4, -0.2) is 55.9 Å². The van der Waals surface area contributed by atoms with Crippen molar-refractivity contribution >= 4 is 12.0 Å². The molecule has 0 aromatic heterocycles. The molecule has 2 amide bonds. The van der Waals surface area contributed by atoms with Gasteiger partial charge in [0.15, 0.2) is 0 Å². The minimum absolute atomic E-state index is 0.0737. The second kappa shape index (κ2) is 5.56. The van der Waals surface area contributed by atoms with Crippen LogP contribution in [0.5, 0.6) is 0 Å². The SMILES string of the molecule is COCC1(NC(=O)CN2CCOC2=O)CCCC1. The van der Waals surface area contributed by atoms with Gasteiger partial charge in [0, 0.05) is 7.11 Å². The maximum atomic E-state index is 12.0. The van der Waals surface area contributed by atoms with Gasteiger partial charge < -0.3 is 14.8 Å². The smallest absolute Gasteiger partial charge is 0.410 e. The number of carbonyl (C=O) groups excluding carboxylic acids is 2. The van der Waals surface area contributed by atoms with Crippen LogP contribution in [0.2, 0.25) is 0 Å². The van der Waals surface area contributed by atoms with Crippen molar-refractivity contribution in [2.45, 2.75) is 31.2 Å². The lowest BCUT2D eigenvalue weighted by Gasteiger charge is -2.30. The Kier molecular flexibility index (Phi) is 4.06. The van der Waals surface area contributed by atoms with Gasteiger partial charge in [-0.3, -0.25) is 9.69 Å². The predicted molar refractivity (Wildman–Crippen MR) is 64.1 cm³/mol. The summed E-state index contributed by atoms with van der Waals surface area (Å²) < 4.78 is 9.99. The fraction of sp³-hybridized carbons (Fsp3) is 0.833. The summed E-state index contributed by atoms with van der Waals surface area (Å²) in [4.78, 5) is 24.6. The van der Waals surface area contributed by atoms with E-state index in [4.69, 9.17) is 9.47 Å². The standard InChI is InChI=1S/C12H20N2O4/c1-17-9-12(4-2-3-5-12)13-10(15)8-14-6-7-18-11(14)16/h2-9H2,1H3,(H,13,15). The first-order valence-corrected chi connectivity index (χ1v) is 6.37. The molecule has 1 heterocycles. The Morgan fingerprint density at radius 1 is 1.50 bits per heavy atom. The average Bonchev–Trinajstić information content (AvgIpc) is 2.90. The van der Waals surface area contributed by atoms with Crippen LogP contribution in [0.25, 0.3) is 0 Å². The molecule has 102 valence electrons. The molecule has 0 radical (unpaired) electrons. The normalized spacial score (nSPS) is 22.1. The molecule has 0 bridgehead atoms. The van der Waals surface area contributed by atoms with Crippen LogP contribution in [0.3, 0.4) is 0 Å². The van der Waals surface area contributed by atoms with E-state index < -0.39 is 6.09 Å². The number of amides is 2. The highest BCUT2D eigenvalue weighted by Crippen LogP contribution is 2.29. The quantitative estimate of drug-likeness (QED) is 0.778. The van der Waals surface area contributed by atoms with E-state index in [1.165, 1.54) is 4.90 Å². The molecule has 1 aliphatic carbocycles. The van der Waals surface area contributed by atoms with Gasteiger partial charge in [-0.2, -0.15) is 0 Å². The van der Waals surface area contributed by atoms with Crippen LogP contribution < -0.4 is 5.32 Å². The average molecular weight is 256 g/mol. The van der Waals surface area contributed by atoms with E-state index in [9.17, 15) is 9.59 Å². The Balaban J connectivity index is 1.87. The molecule has 2 rings (SSSR count). The van der Waals surface area contributed by atoms with Crippen molar-refractivity contribution < 1.29 is 19.1 Å². The molecule has 18 heavy (non-hydrogen) atoms. The van der Waals surface area contributed by atoms with Crippen LogP contribution in [0.4, 0.5) is 4.79 Å². The summed E-state index contributed by atoms with van der Waals surface area (Å²) >= 11 is 0. The van der Waals surface area contributed by atoms with E-state index >= 15 is 0 Å². The summed E-state index contributed by atoms with van der Waals surface area (Å²) in [6, 6.07) is 0. The zero-order valence-electron chi connectivity index (χ0n) is 10.7. The van der Waals surface area contributed by atoms with Gasteiger partial charge >= 0.3 is 6.09 Å². The molecular formula is C12H20N2O4. The van der Waals surface area contributed by atoms with Gasteiger partial charge in [-0.05, 0) is 12.8 Å². The number of ether oxygens (including phenoxy) is 2. The third kappa shape index (κ3) is 2.93. The van der Waals surface area contributed by atoms with Gasteiger partial charge in [-0.25, -0.2) is 4.79 Å². The summed E-state index contributed by atoms with van der Waals surface area (Å²) in [6.07, 6.45) is 3.69. The molecular weight excluding hydrogens is 236 g/mol. The first kappa shape index (κ1) is 13.1. The molecule has 6 heteroatoms. The number of methoxy groups -OCH3 is 1. The largest absolute Gasteiger partial charge is 0.448 e. The second-order valence-corrected chi connectivity index (χ2v) is 5.00. The van der Waals surface area contributed by atoms with Crippen LogP contribution in [0.15, 0.2) is 0 Å². The van der Waals surface area contributed by atoms with Crippen LogP contribution in [0.1, 0.15) is 25.7 Å². The lowest BCUT2D eigenvalue weighted by Crippen LogP contribution is -2.52. The number of rotatable bonds is 5. The Morgan fingerprint density at radius 2 is 2.22 bits per heavy atom. The van der Waals surface area contributed by atoms with Crippen molar-refractivity contribution in [1.29, 1.82) is 0 Å². The summed E-state index contributed by atoms with van der Waals surface area (Å²) in [7, 11) is 1.64. The van der Waals surface area contributed by atoms with Crippen molar-refractivity contribution in [3.8, 4) is 0 Å². The van der Waals surface area contributed by atoms with Crippen LogP contribution in [0, 0.1) is 0 Å². The summed E-state index contributed by atoms with van der Waals surface area (Å²) in [5.41, 5.74) is -0.241. The van der Waals surface area contributed by atoms with Crippen molar-refractivity contribution in [3.63, 3.8) is 0 Å². The van der Waals surface area contributed by atoms with Crippen molar-refractivity contribution in [1.82, 2.24) is 10.2 Å². The van der Waals surface area contributed by atoms with Crippen molar-refractivity contribution in [2.24, 2.45) is 0 Å². The third-order valence-electron chi connectivity index (χ3n) is 3.57. The minimum atomic E-state index is -0.405.